The second kappa shape index (κ2) is 25.5. The van der Waals surface area contributed by atoms with Gasteiger partial charge in [-0.25, -0.2) is 10.2 Å². The number of alkyl carbamates (subject to hydrolysis) is 1. The molecule has 4 aliphatic heterocycles. The fourth-order valence-electron chi connectivity index (χ4n) is 9.25. The minimum Gasteiger partial charge on any atom is -0.495 e. The maximum atomic E-state index is 14.2. The average Bonchev–Trinajstić information content (AvgIpc) is 4.20. The maximum Gasteiger partial charge on any atom is 0.409 e. The molecule has 6 amide bonds. The van der Waals surface area contributed by atoms with Gasteiger partial charge in [0.1, 0.15) is 39.6 Å². The molecule has 25 heteroatoms. The minimum atomic E-state index is -4.96. The molecule has 0 radical (unpaired) electrons. The fourth-order valence-corrected chi connectivity index (χ4v) is 11.0. The summed E-state index contributed by atoms with van der Waals surface area (Å²) >= 11 is 7.93. The number of fused-ring (bicyclic) bond motifs is 5. The number of anilines is 2. The molecule has 3 unspecified atom stereocenters. The standard InChI is InChI=1S/C54H61ClN6O16S2/c1-31-11-10-12-42(74-6)54(69)29-36(75-52(68)57-54)27-44-53(3,77-44)43(28-48(65)60(4)39-24-33(23-31)25-40(73-5)50(39)55)76-49(66)30-78-37-17-14-34(15-18-37)32(2)58-59-51(67)38-19-16-35(26-41(38)79(70,71)72)56-45(62)13-8-7-9-22-61-46(63)20-21-47(61)64/h10-12,14-21,24-26,36,42-44,69H,7-9,13,22-23,27-30H2,1-6H3,(H,56,62)(H,57,68)(H,59,67)(H,70,71,72)/b12-10+,31-11+,58-32+/t36?,42-,43+,44?,53?,54+/m1/s1. The molecule has 5 N–H and O–H groups in total. The van der Waals surface area contributed by atoms with Gasteiger partial charge in [0.15, 0.2) is 5.72 Å². The summed E-state index contributed by atoms with van der Waals surface area (Å²) in [5.74, 6) is -3.23. The lowest BCUT2D eigenvalue weighted by Crippen LogP contribution is -2.62. The molecule has 4 aliphatic rings. The molecular weight excluding hydrogens is 1090 g/mol. The van der Waals surface area contributed by atoms with Crippen molar-refractivity contribution in [2.24, 2.45) is 5.10 Å². The molecule has 0 aliphatic carbocycles. The van der Waals surface area contributed by atoms with Crippen molar-refractivity contribution >= 4 is 92.2 Å². The number of rotatable bonds is 17. The molecule has 4 heterocycles. The Morgan fingerprint density at radius 3 is 2.42 bits per heavy atom. The van der Waals surface area contributed by atoms with Gasteiger partial charge in [-0.15, -0.1) is 11.8 Å². The molecular formula is C54H61ClN6O16S2. The molecule has 3 aromatic carbocycles. The van der Waals surface area contributed by atoms with Crippen molar-refractivity contribution in [2.45, 2.75) is 118 Å². The number of aliphatic hydroxyl groups is 1. The Morgan fingerprint density at radius 1 is 1.01 bits per heavy atom. The minimum absolute atomic E-state index is 0.00425. The normalized spacial score (nSPS) is 24.6. The number of allylic oxidation sites excluding steroid dienone is 3. The van der Waals surface area contributed by atoms with E-state index in [-0.39, 0.29) is 48.7 Å². The van der Waals surface area contributed by atoms with Crippen LogP contribution in [0.3, 0.4) is 0 Å². The number of imide groups is 1. The number of hydrazone groups is 1. The third-order valence-electron chi connectivity index (χ3n) is 13.7. The van der Waals surface area contributed by atoms with E-state index in [2.05, 4.69) is 21.2 Å². The summed E-state index contributed by atoms with van der Waals surface area (Å²) in [5.41, 5.74) is 1.63. The highest BCUT2D eigenvalue weighted by atomic mass is 35.5. The number of thioether (sulfide) groups is 1. The van der Waals surface area contributed by atoms with Crippen LogP contribution >= 0.6 is 23.4 Å². The number of hydrogen-bond donors (Lipinski definition) is 5. The molecule has 7 rings (SSSR count). The van der Waals surface area contributed by atoms with E-state index < -0.39 is 97.9 Å². The molecule has 0 saturated carbocycles. The topological polar surface area (TPSA) is 298 Å². The summed E-state index contributed by atoms with van der Waals surface area (Å²) in [7, 11) is -0.541. The third-order valence-corrected chi connectivity index (χ3v) is 16.0. The van der Waals surface area contributed by atoms with Crippen molar-refractivity contribution in [3.63, 3.8) is 0 Å². The van der Waals surface area contributed by atoms with Crippen LogP contribution in [0.2, 0.25) is 5.02 Å². The van der Waals surface area contributed by atoms with Crippen molar-refractivity contribution in [2.75, 3.05) is 43.8 Å². The summed E-state index contributed by atoms with van der Waals surface area (Å²) in [5, 5.41) is 21.1. The first-order valence-corrected chi connectivity index (χ1v) is 27.8. The predicted molar refractivity (Wildman–Crippen MR) is 290 cm³/mol. The summed E-state index contributed by atoms with van der Waals surface area (Å²) in [6.07, 6.45) is 4.58. The van der Waals surface area contributed by atoms with Crippen LogP contribution < -0.4 is 25.7 Å². The van der Waals surface area contributed by atoms with Gasteiger partial charge < -0.3 is 39.0 Å². The number of hydrogen-bond acceptors (Lipinski definition) is 17. The lowest BCUT2D eigenvalue weighted by Gasteiger charge is -2.40. The van der Waals surface area contributed by atoms with Crippen molar-refractivity contribution < 1.29 is 75.3 Å². The Bertz CT molecular complexity index is 3110. The smallest absolute Gasteiger partial charge is 0.409 e. The first-order valence-electron chi connectivity index (χ1n) is 25.0. The molecule has 22 nitrogen and oxygen atoms in total. The van der Waals surface area contributed by atoms with Crippen molar-refractivity contribution in [1.82, 2.24) is 15.6 Å². The third kappa shape index (κ3) is 15.1. The van der Waals surface area contributed by atoms with Gasteiger partial charge in [0, 0.05) is 62.7 Å². The molecule has 0 aromatic heterocycles. The molecule has 0 spiro atoms. The van der Waals surface area contributed by atoms with E-state index in [1.54, 1.807) is 69.4 Å². The van der Waals surface area contributed by atoms with Crippen LogP contribution in [0.4, 0.5) is 16.2 Å². The van der Waals surface area contributed by atoms with Crippen LogP contribution in [0.1, 0.15) is 87.2 Å². The maximum absolute atomic E-state index is 14.2. The van der Waals surface area contributed by atoms with Gasteiger partial charge in [-0.1, -0.05) is 54.0 Å². The Kier molecular flexibility index (Phi) is 19.2. The lowest BCUT2D eigenvalue weighted by atomic mass is 9.90. The second-order valence-electron chi connectivity index (χ2n) is 19.5. The number of unbranched alkanes of at least 4 members (excludes halogenated alkanes) is 2. The number of nitrogens with zero attached hydrogens (tertiary/aromatic N) is 3. The number of carbonyl (C=O) groups excluding carboxylic acids is 7. The summed E-state index contributed by atoms with van der Waals surface area (Å²) in [6, 6.07) is 13.6. The molecule has 4 bridgehead atoms. The van der Waals surface area contributed by atoms with Gasteiger partial charge in [0.2, 0.25) is 11.8 Å². The first kappa shape index (κ1) is 59.7. The van der Waals surface area contributed by atoms with E-state index in [4.69, 9.17) is 35.3 Å². The number of amides is 6. The Morgan fingerprint density at radius 2 is 1.73 bits per heavy atom. The molecule has 2 fully saturated rings. The van der Waals surface area contributed by atoms with E-state index in [0.29, 0.717) is 53.3 Å². The average molecular weight is 1150 g/mol. The zero-order chi connectivity index (χ0) is 57.4. The molecule has 79 heavy (non-hydrogen) atoms. The van der Waals surface area contributed by atoms with Crippen LogP contribution in [-0.4, -0.2) is 140 Å². The highest BCUT2D eigenvalue weighted by molar-refractivity contribution is 8.00. The fraction of sp³-hybridized carbons (Fsp3) is 0.407. The van der Waals surface area contributed by atoms with Gasteiger partial charge in [0.05, 0.1) is 42.3 Å². The summed E-state index contributed by atoms with van der Waals surface area (Å²) in [4.78, 5) is 92.4. The van der Waals surface area contributed by atoms with Gasteiger partial charge in [-0.2, -0.15) is 13.5 Å². The molecule has 422 valence electrons. The summed E-state index contributed by atoms with van der Waals surface area (Å²) in [6.45, 7) is 5.39. The first-order chi connectivity index (χ1) is 37.4. The van der Waals surface area contributed by atoms with Crippen LogP contribution in [0.5, 0.6) is 5.75 Å². The SMILES string of the molecule is COc1cc2cc(c1Cl)N(C)C(=O)C[C@H](OC(=O)CSc1ccc(/C(C)=N/NC(=O)c3ccc(NC(=O)CCCCCN4C(=O)C=CC4=O)cc3S(=O)(=O)O)cc1)C1(C)OC1CC1C[C@@](O)(NC(=O)O1)[C@H](OC)/C=C/C=C(\C)C2. The molecule has 6 atom stereocenters. The van der Waals surface area contributed by atoms with Crippen molar-refractivity contribution in [3.05, 3.63) is 112 Å². The van der Waals surface area contributed by atoms with Crippen molar-refractivity contribution in [3.8, 4) is 5.75 Å². The highest BCUT2D eigenvalue weighted by Gasteiger charge is 2.61. The van der Waals surface area contributed by atoms with Gasteiger partial charge in [-0.05, 0) is 93.6 Å². The Hall–Kier alpha value is -6.93. The largest absolute Gasteiger partial charge is 0.495 e. The lowest BCUT2D eigenvalue weighted by molar-refractivity contribution is -0.150. The monoisotopic (exact) mass is 1150 g/mol. The molecule has 2 saturated heterocycles. The van der Waals surface area contributed by atoms with Gasteiger partial charge in [-0.3, -0.25) is 43.5 Å². The van der Waals surface area contributed by atoms with Crippen LogP contribution in [0.15, 0.2) is 105 Å². The number of nitrogens with one attached hydrogen (secondary N) is 3. The van der Waals surface area contributed by atoms with Crippen molar-refractivity contribution in [1.29, 1.82) is 0 Å². The van der Waals surface area contributed by atoms with E-state index in [1.807, 2.05) is 13.0 Å². The van der Waals surface area contributed by atoms with E-state index in [0.717, 1.165) is 39.9 Å². The van der Waals surface area contributed by atoms with E-state index in [9.17, 15) is 51.6 Å². The number of carbonyl (C=O) groups is 7. The second-order valence-corrected chi connectivity index (χ2v) is 22.3. The highest BCUT2D eigenvalue weighted by Crippen LogP contribution is 2.47. The Labute approximate surface area is 465 Å². The number of halogens is 1. The quantitative estimate of drug-likeness (QED) is 0.0150. The zero-order valence-electron chi connectivity index (χ0n) is 44.1. The number of epoxide rings is 1. The zero-order valence-corrected chi connectivity index (χ0v) is 46.5. The number of methoxy groups -OCH3 is 2. The van der Waals surface area contributed by atoms with Gasteiger partial charge >= 0.3 is 12.1 Å². The van der Waals surface area contributed by atoms with Crippen LogP contribution in [0.25, 0.3) is 0 Å². The van der Waals surface area contributed by atoms with Crippen LogP contribution in [0, 0.1) is 0 Å². The van der Waals surface area contributed by atoms with Gasteiger partial charge in [0.25, 0.3) is 27.8 Å². The molecule has 3 aromatic rings. The van der Waals surface area contributed by atoms with Crippen LogP contribution in [-0.2, 0) is 59.5 Å². The van der Waals surface area contributed by atoms with E-state index >= 15 is 0 Å². The summed E-state index contributed by atoms with van der Waals surface area (Å²) < 4.78 is 63.8. The number of esters is 1. The predicted octanol–water partition coefficient (Wildman–Crippen LogP) is 6.04. The van der Waals surface area contributed by atoms with E-state index in [1.165, 1.54) is 37.3 Å². The number of ether oxygens (including phenoxy) is 5. The number of benzene rings is 3. The Balaban J connectivity index is 0.984.